The lowest BCUT2D eigenvalue weighted by molar-refractivity contribution is 0.126. The maximum Gasteiger partial charge on any atom is 0.161 e. The molecular formula is C12H24N4O. The van der Waals surface area contributed by atoms with Gasteiger partial charge in [-0.15, -0.1) is 0 Å². The first-order chi connectivity index (χ1) is 7.88. The molecule has 1 aromatic heterocycles. The first-order valence-electron chi connectivity index (χ1n) is 5.87. The van der Waals surface area contributed by atoms with Gasteiger partial charge in [0.1, 0.15) is 0 Å². The molecule has 2 N–H and O–H groups in total. The monoisotopic (exact) mass is 240 g/mol. The highest BCUT2D eigenvalue weighted by Gasteiger charge is 2.36. The molecule has 0 aliphatic carbocycles. The molecule has 0 amide bonds. The zero-order valence-electron chi connectivity index (χ0n) is 11.7. The molecule has 0 radical (unpaired) electrons. The highest BCUT2D eigenvalue weighted by molar-refractivity contribution is 5.30. The molecule has 0 bridgehead atoms. The normalized spacial score (nSPS) is 16.9. The number of hydrogen-bond donors (Lipinski definition) is 1. The van der Waals surface area contributed by atoms with E-state index >= 15 is 0 Å². The third-order valence-electron chi connectivity index (χ3n) is 3.87. The minimum Gasteiger partial charge on any atom is -0.493 e. The summed E-state index contributed by atoms with van der Waals surface area (Å²) in [5.41, 5.74) is 7.24. The van der Waals surface area contributed by atoms with E-state index < -0.39 is 0 Å². The Morgan fingerprint density at radius 2 is 2.18 bits per heavy atom. The molecule has 5 nitrogen and oxygen atoms in total. The summed E-state index contributed by atoms with van der Waals surface area (Å²) in [5, 5.41) is 4.21. The molecule has 0 saturated heterocycles. The number of hydrogen-bond acceptors (Lipinski definition) is 4. The van der Waals surface area contributed by atoms with Crippen molar-refractivity contribution in [2.75, 3.05) is 21.2 Å². The van der Waals surface area contributed by atoms with Crippen LogP contribution in [0.2, 0.25) is 0 Å². The summed E-state index contributed by atoms with van der Waals surface area (Å²) >= 11 is 0. The van der Waals surface area contributed by atoms with Crippen LogP contribution in [0.1, 0.15) is 32.0 Å². The number of aryl methyl sites for hydroxylation is 1. The summed E-state index contributed by atoms with van der Waals surface area (Å²) in [4.78, 5) is 2.16. The molecule has 98 valence electrons. The molecular weight excluding hydrogens is 216 g/mol. The summed E-state index contributed by atoms with van der Waals surface area (Å²) in [6.07, 6.45) is 2.66. The average molecular weight is 240 g/mol. The van der Waals surface area contributed by atoms with Gasteiger partial charge in [-0.1, -0.05) is 6.92 Å². The topological polar surface area (TPSA) is 56.3 Å². The van der Waals surface area contributed by atoms with E-state index in [2.05, 4.69) is 23.8 Å². The Bertz CT molecular complexity index is 375. The number of rotatable bonds is 5. The van der Waals surface area contributed by atoms with E-state index in [1.807, 2.05) is 21.1 Å². The van der Waals surface area contributed by atoms with Gasteiger partial charge in [0, 0.05) is 12.6 Å². The van der Waals surface area contributed by atoms with E-state index in [1.54, 1.807) is 18.0 Å². The van der Waals surface area contributed by atoms with Crippen molar-refractivity contribution in [1.82, 2.24) is 14.7 Å². The average Bonchev–Trinajstić information content (AvgIpc) is 2.67. The van der Waals surface area contributed by atoms with Gasteiger partial charge in [-0.05, 0) is 27.4 Å². The maximum absolute atomic E-state index is 6.42. The van der Waals surface area contributed by atoms with Gasteiger partial charge in [-0.2, -0.15) is 5.10 Å². The van der Waals surface area contributed by atoms with Crippen LogP contribution in [0, 0.1) is 0 Å². The molecule has 0 saturated carbocycles. The van der Waals surface area contributed by atoms with Crippen molar-refractivity contribution < 1.29 is 4.74 Å². The maximum atomic E-state index is 6.42. The Morgan fingerprint density at radius 3 is 2.59 bits per heavy atom. The minimum atomic E-state index is -0.148. The van der Waals surface area contributed by atoms with Gasteiger partial charge < -0.3 is 15.4 Å². The zero-order chi connectivity index (χ0) is 13.2. The van der Waals surface area contributed by atoms with E-state index in [0.717, 1.165) is 17.9 Å². The van der Waals surface area contributed by atoms with E-state index in [1.165, 1.54) is 0 Å². The van der Waals surface area contributed by atoms with E-state index in [-0.39, 0.29) is 11.6 Å². The van der Waals surface area contributed by atoms with Crippen molar-refractivity contribution >= 4 is 0 Å². The summed E-state index contributed by atoms with van der Waals surface area (Å²) in [7, 11) is 7.63. The van der Waals surface area contributed by atoms with Crippen molar-refractivity contribution in [3.8, 4) is 5.75 Å². The Labute approximate surface area is 104 Å². The highest BCUT2D eigenvalue weighted by Crippen LogP contribution is 2.34. The second-order valence-electron chi connectivity index (χ2n) is 4.80. The molecule has 0 aromatic carbocycles. The highest BCUT2D eigenvalue weighted by atomic mass is 16.5. The lowest BCUT2D eigenvalue weighted by atomic mass is 9.86. The summed E-state index contributed by atoms with van der Waals surface area (Å²) in [6, 6.07) is -0.148. The van der Waals surface area contributed by atoms with Gasteiger partial charge in [-0.3, -0.25) is 4.68 Å². The predicted octanol–water partition coefficient (Wildman–Crippen LogP) is 1.16. The smallest absolute Gasteiger partial charge is 0.161 e. The van der Waals surface area contributed by atoms with Gasteiger partial charge in [0.15, 0.2) is 5.75 Å². The Balaban J connectivity index is 3.18. The lowest BCUT2D eigenvalue weighted by Crippen LogP contribution is -2.50. The Morgan fingerprint density at radius 1 is 1.59 bits per heavy atom. The Kier molecular flexibility index (Phi) is 4.16. The van der Waals surface area contributed by atoms with Crippen molar-refractivity contribution in [1.29, 1.82) is 0 Å². The van der Waals surface area contributed by atoms with Gasteiger partial charge in [0.05, 0.1) is 25.0 Å². The van der Waals surface area contributed by atoms with Crippen LogP contribution in [-0.2, 0) is 7.05 Å². The first kappa shape index (κ1) is 14.0. The fraction of sp³-hybridized carbons (Fsp3) is 0.750. The van der Waals surface area contributed by atoms with Crippen molar-refractivity contribution in [3.05, 3.63) is 11.9 Å². The summed E-state index contributed by atoms with van der Waals surface area (Å²) < 4.78 is 7.12. The number of nitrogens with two attached hydrogens (primary N) is 1. The number of ether oxygens (including phenoxy) is 1. The zero-order valence-corrected chi connectivity index (χ0v) is 11.7. The quantitative estimate of drug-likeness (QED) is 0.839. The minimum absolute atomic E-state index is 0.124. The van der Waals surface area contributed by atoms with Crippen LogP contribution >= 0.6 is 0 Å². The van der Waals surface area contributed by atoms with Crippen LogP contribution < -0.4 is 10.5 Å². The third-order valence-corrected chi connectivity index (χ3v) is 3.87. The lowest BCUT2D eigenvalue weighted by Gasteiger charge is -2.40. The summed E-state index contributed by atoms with van der Waals surface area (Å²) in [6.45, 7) is 4.30. The third kappa shape index (κ3) is 2.30. The standard InChI is InChI=1S/C12H24N4O/c1-7-12(2,15(3)4)11(13)10-9(17-6)8-14-16(10)5/h8,11H,7,13H2,1-6H3. The van der Waals surface area contributed by atoms with Crippen molar-refractivity contribution in [2.24, 2.45) is 12.8 Å². The van der Waals surface area contributed by atoms with Crippen LogP contribution in [-0.4, -0.2) is 41.4 Å². The van der Waals surface area contributed by atoms with E-state index in [0.29, 0.717) is 0 Å². The molecule has 1 aromatic rings. The molecule has 0 fully saturated rings. The van der Waals surface area contributed by atoms with Crippen LogP contribution in [0.25, 0.3) is 0 Å². The van der Waals surface area contributed by atoms with Crippen LogP contribution in [0.15, 0.2) is 6.20 Å². The first-order valence-corrected chi connectivity index (χ1v) is 5.87. The fourth-order valence-corrected chi connectivity index (χ4v) is 2.05. The summed E-state index contributed by atoms with van der Waals surface area (Å²) in [5.74, 6) is 0.751. The van der Waals surface area contributed by atoms with Gasteiger partial charge in [0.2, 0.25) is 0 Å². The molecule has 0 aliphatic rings. The predicted molar refractivity (Wildman–Crippen MR) is 69.1 cm³/mol. The molecule has 0 spiro atoms. The van der Waals surface area contributed by atoms with E-state index in [9.17, 15) is 0 Å². The fourth-order valence-electron chi connectivity index (χ4n) is 2.05. The van der Waals surface area contributed by atoms with Gasteiger partial charge in [-0.25, -0.2) is 0 Å². The van der Waals surface area contributed by atoms with Crippen LogP contribution in [0.3, 0.4) is 0 Å². The molecule has 0 aliphatic heterocycles. The SMILES string of the molecule is CCC(C)(C(N)c1c(OC)cnn1C)N(C)C. The molecule has 1 heterocycles. The molecule has 2 unspecified atom stereocenters. The van der Waals surface area contributed by atoms with Crippen LogP contribution in [0.4, 0.5) is 0 Å². The second-order valence-corrected chi connectivity index (χ2v) is 4.80. The number of methoxy groups -OCH3 is 1. The number of aromatic nitrogens is 2. The molecule has 1 rings (SSSR count). The van der Waals surface area contributed by atoms with E-state index in [4.69, 9.17) is 10.5 Å². The number of likely N-dealkylation sites (N-methyl/N-ethyl adjacent to an activating group) is 1. The molecule has 5 heteroatoms. The Hall–Kier alpha value is -1.07. The molecule has 2 atom stereocenters. The van der Waals surface area contributed by atoms with Gasteiger partial charge in [0.25, 0.3) is 0 Å². The molecule has 17 heavy (non-hydrogen) atoms. The van der Waals surface area contributed by atoms with Crippen LogP contribution in [0.5, 0.6) is 5.75 Å². The largest absolute Gasteiger partial charge is 0.493 e. The van der Waals surface area contributed by atoms with Gasteiger partial charge >= 0.3 is 0 Å². The van der Waals surface area contributed by atoms with Crippen molar-refractivity contribution in [2.45, 2.75) is 31.8 Å². The van der Waals surface area contributed by atoms with Crippen molar-refractivity contribution in [3.63, 3.8) is 0 Å². The second kappa shape index (κ2) is 5.06. The number of nitrogens with zero attached hydrogens (tertiary/aromatic N) is 3.